The highest BCUT2D eigenvalue weighted by atomic mass is 16.5. The first-order chi connectivity index (χ1) is 11.7. The third-order valence-corrected chi connectivity index (χ3v) is 4.21. The molecule has 124 valence electrons. The van der Waals surface area contributed by atoms with E-state index in [2.05, 4.69) is 25.1 Å². The van der Waals surface area contributed by atoms with Crippen molar-refractivity contribution >= 4 is 5.82 Å². The molecule has 8 nitrogen and oxygen atoms in total. The lowest BCUT2D eigenvalue weighted by atomic mass is 10.1. The van der Waals surface area contributed by atoms with Gasteiger partial charge >= 0.3 is 0 Å². The van der Waals surface area contributed by atoms with Crippen molar-refractivity contribution in [2.75, 3.05) is 18.0 Å². The van der Waals surface area contributed by atoms with Gasteiger partial charge in [-0.3, -0.25) is 9.89 Å². The Morgan fingerprint density at radius 2 is 1.92 bits per heavy atom. The number of aromatic nitrogens is 5. The van der Waals surface area contributed by atoms with E-state index in [1.807, 2.05) is 13.0 Å². The molecule has 4 rings (SSSR count). The van der Waals surface area contributed by atoms with Gasteiger partial charge in [0.15, 0.2) is 11.6 Å². The Bertz CT molecular complexity index is 903. The quantitative estimate of drug-likeness (QED) is 0.790. The summed E-state index contributed by atoms with van der Waals surface area (Å²) in [6.45, 7) is 3.78. The molecule has 1 saturated heterocycles. The van der Waals surface area contributed by atoms with Gasteiger partial charge in [0, 0.05) is 31.4 Å². The smallest absolute Gasteiger partial charge is 0.283 e. The zero-order chi connectivity index (χ0) is 16.5. The van der Waals surface area contributed by atoms with Crippen molar-refractivity contribution in [2.24, 2.45) is 0 Å². The molecule has 0 saturated carbocycles. The largest absolute Gasteiger partial charge is 0.356 e. The normalized spacial score (nSPS) is 15.0. The lowest BCUT2D eigenvalue weighted by molar-refractivity contribution is 0.427. The average Bonchev–Trinajstić information content (AvgIpc) is 3.21. The van der Waals surface area contributed by atoms with Crippen LogP contribution >= 0.6 is 0 Å². The van der Waals surface area contributed by atoms with E-state index in [4.69, 9.17) is 4.52 Å². The van der Waals surface area contributed by atoms with Crippen LogP contribution in [0.3, 0.4) is 0 Å². The fourth-order valence-corrected chi connectivity index (χ4v) is 2.96. The van der Waals surface area contributed by atoms with E-state index in [-0.39, 0.29) is 5.56 Å². The van der Waals surface area contributed by atoms with Crippen molar-refractivity contribution in [2.45, 2.75) is 26.2 Å². The third-order valence-electron chi connectivity index (χ3n) is 4.21. The molecular weight excluding hydrogens is 308 g/mol. The second-order valence-electron chi connectivity index (χ2n) is 5.94. The van der Waals surface area contributed by atoms with Crippen LogP contribution in [0.1, 0.15) is 25.0 Å². The number of anilines is 1. The molecule has 3 aromatic rings. The molecule has 0 radical (unpaired) electrons. The molecule has 0 bridgehead atoms. The molecule has 1 fully saturated rings. The number of nitrogens with one attached hydrogen (secondary N) is 1. The standard InChI is InChI=1S/C16H18N6O2/c1-11-7-13(24-20-11)12-9-19-22(16(12)23)15-8-14(17-10-18-15)21-5-3-2-4-6-21/h7-10,19H,2-6H2,1H3. The van der Waals surface area contributed by atoms with Crippen LogP contribution in [0.5, 0.6) is 0 Å². The molecular formula is C16H18N6O2. The second-order valence-corrected chi connectivity index (χ2v) is 5.94. The summed E-state index contributed by atoms with van der Waals surface area (Å²) in [5.41, 5.74) is 0.926. The number of H-pyrrole nitrogens is 1. The van der Waals surface area contributed by atoms with Crippen LogP contribution in [0.15, 0.2) is 34.0 Å². The summed E-state index contributed by atoms with van der Waals surface area (Å²) in [4.78, 5) is 23.4. The van der Waals surface area contributed by atoms with Gasteiger partial charge in [0.25, 0.3) is 5.56 Å². The summed E-state index contributed by atoms with van der Waals surface area (Å²) in [6.07, 6.45) is 6.67. The molecule has 1 N–H and O–H groups in total. The second kappa shape index (κ2) is 5.95. The Balaban J connectivity index is 1.69. The highest BCUT2D eigenvalue weighted by Crippen LogP contribution is 2.19. The molecule has 1 aliphatic rings. The Kier molecular flexibility index (Phi) is 3.64. The van der Waals surface area contributed by atoms with Gasteiger partial charge in [-0.15, -0.1) is 0 Å². The monoisotopic (exact) mass is 326 g/mol. The molecule has 24 heavy (non-hydrogen) atoms. The predicted octanol–water partition coefficient (Wildman–Crippen LogP) is 1.91. The first-order valence-electron chi connectivity index (χ1n) is 8.04. The van der Waals surface area contributed by atoms with Gasteiger partial charge in [0.2, 0.25) is 0 Å². The van der Waals surface area contributed by atoms with E-state index in [9.17, 15) is 4.79 Å². The first-order valence-corrected chi connectivity index (χ1v) is 8.04. The van der Waals surface area contributed by atoms with Crippen molar-refractivity contribution < 1.29 is 4.52 Å². The minimum absolute atomic E-state index is 0.227. The van der Waals surface area contributed by atoms with E-state index >= 15 is 0 Å². The summed E-state index contributed by atoms with van der Waals surface area (Å²) < 4.78 is 6.57. The summed E-state index contributed by atoms with van der Waals surface area (Å²) >= 11 is 0. The first kappa shape index (κ1) is 14.7. The lowest BCUT2D eigenvalue weighted by Crippen LogP contribution is -2.30. The fourth-order valence-electron chi connectivity index (χ4n) is 2.96. The molecule has 0 aliphatic carbocycles. The van der Waals surface area contributed by atoms with Gasteiger partial charge < -0.3 is 9.42 Å². The Hall–Kier alpha value is -2.90. The molecule has 3 aromatic heterocycles. The van der Waals surface area contributed by atoms with Crippen molar-refractivity contribution in [1.82, 2.24) is 24.9 Å². The number of piperidine rings is 1. The van der Waals surface area contributed by atoms with Crippen LogP contribution in [-0.2, 0) is 0 Å². The molecule has 0 unspecified atom stereocenters. The number of aromatic amines is 1. The van der Waals surface area contributed by atoms with Crippen molar-refractivity contribution in [3.05, 3.63) is 40.7 Å². The number of hydrogen-bond donors (Lipinski definition) is 1. The minimum Gasteiger partial charge on any atom is -0.356 e. The molecule has 4 heterocycles. The summed E-state index contributed by atoms with van der Waals surface area (Å²) in [5.74, 6) is 1.80. The minimum atomic E-state index is -0.227. The number of rotatable bonds is 3. The van der Waals surface area contributed by atoms with E-state index in [0.717, 1.165) is 37.4 Å². The molecule has 0 atom stereocenters. The highest BCUT2D eigenvalue weighted by Gasteiger charge is 2.17. The van der Waals surface area contributed by atoms with Crippen LogP contribution in [0.4, 0.5) is 5.82 Å². The van der Waals surface area contributed by atoms with Gasteiger partial charge in [-0.05, 0) is 26.2 Å². The van der Waals surface area contributed by atoms with Crippen LogP contribution in [0, 0.1) is 6.92 Å². The number of nitrogens with zero attached hydrogens (tertiary/aromatic N) is 5. The molecule has 8 heteroatoms. The zero-order valence-corrected chi connectivity index (χ0v) is 13.4. The Morgan fingerprint density at radius 3 is 2.67 bits per heavy atom. The van der Waals surface area contributed by atoms with Crippen LogP contribution in [0.25, 0.3) is 17.1 Å². The van der Waals surface area contributed by atoms with Gasteiger partial charge in [-0.1, -0.05) is 5.16 Å². The Labute approximate surface area is 138 Å². The maximum atomic E-state index is 12.6. The number of aryl methyl sites for hydroxylation is 1. The maximum Gasteiger partial charge on any atom is 0.283 e. The van der Waals surface area contributed by atoms with Crippen molar-refractivity contribution in [3.8, 4) is 17.1 Å². The van der Waals surface area contributed by atoms with Crippen LogP contribution in [0.2, 0.25) is 0 Å². The van der Waals surface area contributed by atoms with E-state index in [1.165, 1.54) is 17.4 Å². The average molecular weight is 326 g/mol. The Morgan fingerprint density at radius 1 is 1.12 bits per heavy atom. The topological polar surface area (TPSA) is 92.8 Å². The number of hydrogen-bond acceptors (Lipinski definition) is 6. The summed E-state index contributed by atoms with van der Waals surface area (Å²) in [7, 11) is 0. The van der Waals surface area contributed by atoms with E-state index < -0.39 is 0 Å². The van der Waals surface area contributed by atoms with Gasteiger partial charge in [-0.25, -0.2) is 14.6 Å². The van der Waals surface area contributed by atoms with Crippen LogP contribution < -0.4 is 10.5 Å². The van der Waals surface area contributed by atoms with E-state index in [0.29, 0.717) is 17.1 Å². The third kappa shape index (κ3) is 2.60. The maximum absolute atomic E-state index is 12.6. The molecule has 0 amide bonds. The SMILES string of the molecule is Cc1cc(-c2c[nH]n(-c3cc(N4CCCCC4)ncn3)c2=O)on1. The predicted molar refractivity (Wildman–Crippen MR) is 88.3 cm³/mol. The van der Waals surface area contributed by atoms with Crippen molar-refractivity contribution in [3.63, 3.8) is 0 Å². The van der Waals surface area contributed by atoms with Gasteiger partial charge in [0.05, 0.1) is 5.69 Å². The van der Waals surface area contributed by atoms with Gasteiger partial charge in [0.1, 0.15) is 17.7 Å². The molecule has 0 spiro atoms. The molecule has 0 aromatic carbocycles. The summed E-state index contributed by atoms with van der Waals surface area (Å²) in [5, 5.41) is 6.76. The van der Waals surface area contributed by atoms with E-state index in [1.54, 1.807) is 12.3 Å². The zero-order valence-electron chi connectivity index (χ0n) is 13.4. The van der Waals surface area contributed by atoms with Gasteiger partial charge in [-0.2, -0.15) is 0 Å². The van der Waals surface area contributed by atoms with Crippen molar-refractivity contribution in [1.29, 1.82) is 0 Å². The fraction of sp³-hybridized carbons (Fsp3) is 0.375. The lowest BCUT2D eigenvalue weighted by Gasteiger charge is -2.27. The summed E-state index contributed by atoms with van der Waals surface area (Å²) in [6, 6.07) is 3.56. The van der Waals surface area contributed by atoms with Crippen LogP contribution in [-0.4, -0.2) is 38.0 Å². The molecule has 1 aliphatic heterocycles. The highest BCUT2D eigenvalue weighted by molar-refractivity contribution is 5.56.